The topological polar surface area (TPSA) is 36.7 Å². The normalized spacial score (nSPS) is 23.5. The van der Waals surface area contributed by atoms with Crippen LogP contribution in [0.1, 0.15) is 35.8 Å². The quantitative estimate of drug-likeness (QED) is 0.860. The molecule has 0 N–H and O–H groups in total. The first kappa shape index (κ1) is 16.4. The molecule has 4 nitrogen and oxygen atoms in total. The van der Waals surface area contributed by atoms with Crippen LogP contribution < -0.4 is 0 Å². The zero-order valence-electron chi connectivity index (χ0n) is 15.1. The van der Waals surface area contributed by atoms with Gasteiger partial charge in [0.2, 0.25) is 5.91 Å². The van der Waals surface area contributed by atoms with Crippen LogP contribution in [0.15, 0.2) is 46.9 Å². The smallest absolute Gasteiger partial charge is 0.229 e. The van der Waals surface area contributed by atoms with E-state index in [0.717, 1.165) is 50.5 Å². The van der Waals surface area contributed by atoms with E-state index in [9.17, 15) is 4.79 Å². The van der Waals surface area contributed by atoms with Gasteiger partial charge in [-0.15, -0.1) is 0 Å². The van der Waals surface area contributed by atoms with Crippen molar-refractivity contribution < 1.29 is 9.21 Å². The molecule has 0 aliphatic carbocycles. The van der Waals surface area contributed by atoms with Gasteiger partial charge >= 0.3 is 0 Å². The van der Waals surface area contributed by atoms with Gasteiger partial charge in [-0.1, -0.05) is 30.3 Å². The molecule has 2 aromatic rings. The minimum Gasteiger partial charge on any atom is -0.465 e. The van der Waals surface area contributed by atoms with E-state index in [2.05, 4.69) is 35.2 Å². The van der Waals surface area contributed by atoms with E-state index >= 15 is 0 Å². The van der Waals surface area contributed by atoms with Crippen molar-refractivity contribution in [2.45, 2.75) is 32.2 Å². The van der Waals surface area contributed by atoms with Crippen LogP contribution >= 0.6 is 0 Å². The number of aryl methyl sites for hydroxylation is 1. The average molecular weight is 338 g/mol. The molecule has 0 radical (unpaired) electrons. The Labute approximate surface area is 149 Å². The Morgan fingerprint density at radius 1 is 1.12 bits per heavy atom. The van der Waals surface area contributed by atoms with Crippen molar-refractivity contribution in [1.82, 2.24) is 9.80 Å². The predicted molar refractivity (Wildman–Crippen MR) is 97.2 cm³/mol. The number of carbonyl (C=O) groups is 1. The van der Waals surface area contributed by atoms with Crippen molar-refractivity contribution in [1.29, 1.82) is 0 Å². The van der Waals surface area contributed by atoms with Gasteiger partial charge in [-0.25, -0.2) is 0 Å². The van der Waals surface area contributed by atoms with Crippen molar-refractivity contribution >= 4 is 5.91 Å². The number of benzene rings is 1. The summed E-state index contributed by atoms with van der Waals surface area (Å²) < 4.78 is 5.72. The lowest BCUT2D eigenvalue weighted by molar-refractivity contribution is -0.137. The first-order valence-corrected chi connectivity index (χ1v) is 9.17. The molecule has 1 spiro atoms. The summed E-state index contributed by atoms with van der Waals surface area (Å²) in [7, 11) is 1.95. The second kappa shape index (κ2) is 6.34. The molecule has 4 heteroatoms. The molecule has 2 aliphatic rings. The summed E-state index contributed by atoms with van der Waals surface area (Å²) in [5.74, 6) is 2.61. The number of likely N-dealkylation sites (N-methyl/N-ethyl adjacent to an activating group) is 1. The number of hydrogen-bond donors (Lipinski definition) is 0. The third kappa shape index (κ3) is 2.89. The minimum absolute atomic E-state index is 0.230. The zero-order valence-corrected chi connectivity index (χ0v) is 15.1. The maximum Gasteiger partial charge on any atom is 0.229 e. The van der Waals surface area contributed by atoms with E-state index in [4.69, 9.17) is 4.42 Å². The number of amides is 1. The van der Waals surface area contributed by atoms with E-state index in [-0.39, 0.29) is 5.41 Å². The molecule has 3 heterocycles. The number of furan rings is 1. The number of likely N-dealkylation sites (tertiary alicyclic amines) is 2. The zero-order chi connectivity index (χ0) is 17.4. The van der Waals surface area contributed by atoms with Gasteiger partial charge in [0.25, 0.3) is 0 Å². The summed E-state index contributed by atoms with van der Waals surface area (Å²) in [6, 6.07) is 14.6. The summed E-state index contributed by atoms with van der Waals surface area (Å²) in [6.45, 7) is 5.54. The van der Waals surface area contributed by atoms with Gasteiger partial charge in [-0.05, 0) is 50.6 Å². The Morgan fingerprint density at radius 2 is 1.84 bits per heavy atom. The molecule has 2 saturated heterocycles. The summed E-state index contributed by atoms with van der Waals surface area (Å²) in [5.41, 5.74) is 1.07. The molecule has 1 aromatic carbocycles. The third-order valence-corrected chi connectivity index (χ3v) is 6.02. The fraction of sp³-hybridized carbons (Fsp3) is 0.476. The first-order chi connectivity index (χ1) is 12.1. The number of nitrogens with zero attached hydrogens (tertiary/aromatic N) is 2. The van der Waals surface area contributed by atoms with Gasteiger partial charge in [0, 0.05) is 19.5 Å². The van der Waals surface area contributed by atoms with E-state index in [1.54, 1.807) is 0 Å². The molecule has 1 aromatic heterocycles. The number of carbonyl (C=O) groups excluding carboxylic acids is 1. The van der Waals surface area contributed by atoms with Crippen molar-refractivity contribution in [3.8, 4) is 0 Å². The Bertz CT molecular complexity index is 744. The molecular weight excluding hydrogens is 312 g/mol. The van der Waals surface area contributed by atoms with Gasteiger partial charge in [0.05, 0.1) is 12.0 Å². The lowest BCUT2D eigenvalue weighted by atomic mass is 9.68. The van der Waals surface area contributed by atoms with Gasteiger partial charge in [-0.2, -0.15) is 0 Å². The van der Waals surface area contributed by atoms with Crippen LogP contribution in [-0.2, 0) is 11.3 Å². The molecule has 25 heavy (non-hydrogen) atoms. The van der Waals surface area contributed by atoms with Crippen LogP contribution in [0, 0.1) is 12.3 Å². The number of piperidine rings is 1. The monoisotopic (exact) mass is 338 g/mol. The highest BCUT2D eigenvalue weighted by molar-refractivity contribution is 5.86. The standard InChI is InChI=1S/C21H26N2O2/c1-16-8-9-18(25-16)14-23-12-10-21(11-13-23)19(15-22(2)20(21)24)17-6-4-3-5-7-17/h3-9,19H,10-15H2,1-2H3/t19-/m0/s1. The molecule has 132 valence electrons. The maximum atomic E-state index is 13.0. The summed E-state index contributed by atoms with van der Waals surface area (Å²) in [4.78, 5) is 17.4. The van der Waals surface area contributed by atoms with Gasteiger partial charge < -0.3 is 9.32 Å². The van der Waals surface area contributed by atoms with E-state index in [1.165, 1.54) is 5.56 Å². The highest BCUT2D eigenvalue weighted by atomic mass is 16.3. The number of rotatable bonds is 3. The molecule has 0 unspecified atom stereocenters. The van der Waals surface area contributed by atoms with Crippen molar-refractivity contribution in [3.63, 3.8) is 0 Å². The highest BCUT2D eigenvalue weighted by Crippen LogP contribution is 2.50. The van der Waals surface area contributed by atoms with E-state index in [1.807, 2.05) is 31.0 Å². The molecule has 2 aliphatic heterocycles. The molecule has 1 amide bonds. The van der Waals surface area contributed by atoms with Crippen LogP contribution in [0.25, 0.3) is 0 Å². The SMILES string of the molecule is Cc1ccc(CN2CCC3(CC2)C(=O)N(C)C[C@H]3c2ccccc2)o1. The Balaban J connectivity index is 1.51. The summed E-state index contributed by atoms with van der Waals surface area (Å²) in [6.07, 6.45) is 1.85. The molecule has 4 rings (SSSR count). The lowest BCUT2D eigenvalue weighted by Crippen LogP contribution is -2.45. The molecule has 2 fully saturated rings. The lowest BCUT2D eigenvalue weighted by Gasteiger charge is -2.41. The third-order valence-electron chi connectivity index (χ3n) is 6.02. The molecular formula is C21H26N2O2. The van der Waals surface area contributed by atoms with Gasteiger partial charge in [0.15, 0.2) is 0 Å². The summed E-state index contributed by atoms with van der Waals surface area (Å²) >= 11 is 0. The molecule has 0 saturated carbocycles. The molecule has 0 bridgehead atoms. The maximum absolute atomic E-state index is 13.0. The summed E-state index contributed by atoms with van der Waals surface area (Å²) in [5, 5.41) is 0. The molecule has 1 atom stereocenters. The van der Waals surface area contributed by atoms with Crippen LogP contribution in [-0.4, -0.2) is 42.4 Å². The average Bonchev–Trinajstić information content (AvgIpc) is 3.14. The van der Waals surface area contributed by atoms with Crippen molar-refractivity contribution in [3.05, 3.63) is 59.5 Å². The Morgan fingerprint density at radius 3 is 2.48 bits per heavy atom. The second-order valence-electron chi connectivity index (χ2n) is 7.59. The fourth-order valence-corrected chi connectivity index (χ4v) is 4.63. The predicted octanol–water partition coefficient (Wildman–Crippen LogP) is 3.43. The van der Waals surface area contributed by atoms with Crippen LogP contribution in [0.2, 0.25) is 0 Å². The number of hydrogen-bond acceptors (Lipinski definition) is 3. The Kier molecular flexibility index (Phi) is 4.16. The van der Waals surface area contributed by atoms with Crippen LogP contribution in [0.5, 0.6) is 0 Å². The largest absolute Gasteiger partial charge is 0.465 e. The highest BCUT2D eigenvalue weighted by Gasteiger charge is 2.54. The van der Waals surface area contributed by atoms with Crippen LogP contribution in [0.4, 0.5) is 0 Å². The van der Waals surface area contributed by atoms with Gasteiger partial charge in [0.1, 0.15) is 11.5 Å². The second-order valence-corrected chi connectivity index (χ2v) is 7.59. The van der Waals surface area contributed by atoms with Crippen molar-refractivity contribution in [2.24, 2.45) is 5.41 Å². The first-order valence-electron chi connectivity index (χ1n) is 9.17. The van der Waals surface area contributed by atoms with Gasteiger partial charge in [-0.3, -0.25) is 9.69 Å². The van der Waals surface area contributed by atoms with Crippen LogP contribution in [0.3, 0.4) is 0 Å². The van der Waals surface area contributed by atoms with Crippen molar-refractivity contribution in [2.75, 3.05) is 26.7 Å². The minimum atomic E-state index is -0.230. The van der Waals surface area contributed by atoms with E-state index in [0.29, 0.717) is 11.8 Å². The fourth-order valence-electron chi connectivity index (χ4n) is 4.63. The Hall–Kier alpha value is -2.07. The van der Waals surface area contributed by atoms with E-state index < -0.39 is 0 Å².